The lowest BCUT2D eigenvalue weighted by Crippen LogP contribution is -2.51. The van der Waals surface area contributed by atoms with E-state index in [-0.39, 0.29) is 29.4 Å². The Bertz CT molecular complexity index is 1170. The number of hydrogen-bond donors (Lipinski definition) is 2. The molecule has 1 saturated carbocycles. The van der Waals surface area contributed by atoms with Gasteiger partial charge in [-0.2, -0.15) is 5.10 Å². The fraction of sp³-hybridized carbons (Fsp3) is 0.455. The third-order valence-corrected chi connectivity index (χ3v) is 6.33. The van der Waals surface area contributed by atoms with E-state index in [0.717, 1.165) is 12.8 Å². The van der Waals surface area contributed by atoms with E-state index in [4.69, 9.17) is 4.98 Å². The van der Waals surface area contributed by atoms with Crippen molar-refractivity contribution < 1.29 is 9.18 Å². The molecule has 31 heavy (non-hydrogen) atoms. The first-order valence-electron chi connectivity index (χ1n) is 10.8. The summed E-state index contributed by atoms with van der Waals surface area (Å²) in [6, 6.07) is 5.67. The molecule has 2 fully saturated rings. The van der Waals surface area contributed by atoms with E-state index in [1.54, 1.807) is 4.90 Å². The van der Waals surface area contributed by atoms with Crippen molar-refractivity contribution in [3.05, 3.63) is 52.0 Å². The van der Waals surface area contributed by atoms with Crippen LogP contribution in [-0.4, -0.2) is 43.8 Å². The number of halogens is 1. The van der Waals surface area contributed by atoms with Crippen LogP contribution < -0.4 is 10.9 Å². The molecule has 1 aliphatic heterocycles. The molecule has 2 amide bonds. The molecule has 2 aromatic heterocycles. The standard InChI is InChI=1S/C22H25FN6O2/c1-13-18-20(29(27-13)17-5-3-2-4-6-17)25-19(26-21(18)30)14-11-28(12-14)22(31)24-16-9-7-15(23)8-10-16/h7-10,14,17H,2-6,11-12H2,1H3,(H,24,31)(H,25,26,30). The van der Waals surface area contributed by atoms with Gasteiger partial charge in [0.2, 0.25) is 0 Å². The second-order valence-corrected chi connectivity index (χ2v) is 8.51. The Morgan fingerprint density at radius 1 is 1.16 bits per heavy atom. The number of anilines is 1. The minimum Gasteiger partial charge on any atom is -0.323 e. The van der Waals surface area contributed by atoms with Crippen LogP contribution in [-0.2, 0) is 0 Å². The zero-order chi connectivity index (χ0) is 21.5. The number of hydrogen-bond acceptors (Lipinski definition) is 4. The SMILES string of the molecule is Cc1nn(C2CCCCC2)c2nc(C3CN(C(=O)Nc4ccc(F)cc4)C3)[nH]c(=O)c12. The van der Waals surface area contributed by atoms with Crippen LogP contribution in [0.25, 0.3) is 11.0 Å². The van der Waals surface area contributed by atoms with Crippen LogP contribution in [0.2, 0.25) is 0 Å². The average molecular weight is 424 g/mol. The Labute approximate surface area is 178 Å². The number of fused-ring (bicyclic) bond motifs is 1. The lowest BCUT2D eigenvalue weighted by Gasteiger charge is -2.38. The van der Waals surface area contributed by atoms with E-state index in [9.17, 15) is 14.0 Å². The van der Waals surface area contributed by atoms with E-state index in [2.05, 4.69) is 15.4 Å². The molecule has 0 bridgehead atoms. The number of aryl methyl sites for hydroxylation is 1. The summed E-state index contributed by atoms with van der Waals surface area (Å²) in [6.45, 7) is 2.76. The second-order valence-electron chi connectivity index (χ2n) is 8.51. The van der Waals surface area contributed by atoms with Gasteiger partial charge in [0.1, 0.15) is 17.0 Å². The number of amides is 2. The zero-order valence-corrected chi connectivity index (χ0v) is 17.4. The molecule has 1 aromatic carbocycles. The monoisotopic (exact) mass is 424 g/mol. The number of carbonyl (C=O) groups is 1. The highest BCUT2D eigenvalue weighted by Crippen LogP contribution is 2.31. The van der Waals surface area contributed by atoms with Crippen LogP contribution in [0.1, 0.15) is 55.6 Å². The summed E-state index contributed by atoms with van der Waals surface area (Å²) in [5.74, 6) is 0.210. The van der Waals surface area contributed by atoms with Crippen LogP contribution in [0.5, 0.6) is 0 Å². The Morgan fingerprint density at radius 3 is 2.58 bits per heavy atom. The van der Waals surface area contributed by atoms with Crippen LogP contribution in [0.3, 0.4) is 0 Å². The van der Waals surface area contributed by atoms with Gasteiger partial charge in [-0.25, -0.2) is 18.9 Å². The van der Waals surface area contributed by atoms with E-state index >= 15 is 0 Å². The van der Waals surface area contributed by atoms with Gasteiger partial charge in [0, 0.05) is 18.8 Å². The van der Waals surface area contributed by atoms with Crippen molar-refractivity contribution in [3.8, 4) is 0 Å². The molecule has 0 spiro atoms. The molecule has 2 N–H and O–H groups in total. The maximum absolute atomic E-state index is 13.0. The van der Waals surface area contributed by atoms with Crippen molar-refractivity contribution in [3.63, 3.8) is 0 Å². The summed E-state index contributed by atoms with van der Waals surface area (Å²) in [4.78, 5) is 34.5. The quantitative estimate of drug-likeness (QED) is 0.670. The fourth-order valence-corrected chi connectivity index (χ4v) is 4.56. The Kier molecular flexibility index (Phi) is 4.95. The highest BCUT2D eigenvalue weighted by Gasteiger charge is 2.34. The molecule has 0 radical (unpaired) electrons. The number of carbonyl (C=O) groups excluding carboxylic acids is 1. The van der Waals surface area contributed by atoms with E-state index in [0.29, 0.717) is 41.3 Å². The molecule has 3 heterocycles. The number of urea groups is 1. The van der Waals surface area contributed by atoms with E-state index in [1.165, 1.54) is 43.5 Å². The number of aromatic nitrogens is 4. The second kappa shape index (κ2) is 7.79. The molecule has 9 heteroatoms. The predicted octanol–water partition coefficient (Wildman–Crippen LogP) is 3.70. The summed E-state index contributed by atoms with van der Waals surface area (Å²) < 4.78 is 15.0. The van der Waals surface area contributed by atoms with Crippen molar-refractivity contribution in [1.82, 2.24) is 24.6 Å². The number of H-pyrrole nitrogens is 1. The lowest BCUT2D eigenvalue weighted by molar-refractivity contribution is 0.161. The first-order chi connectivity index (χ1) is 15.0. The van der Waals surface area contributed by atoms with Crippen LogP contribution in [0, 0.1) is 12.7 Å². The van der Waals surface area contributed by atoms with Gasteiger partial charge in [-0.15, -0.1) is 0 Å². The van der Waals surface area contributed by atoms with Gasteiger partial charge in [-0.1, -0.05) is 19.3 Å². The summed E-state index contributed by atoms with van der Waals surface area (Å²) in [6.07, 6.45) is 5.69. The Hall–Kier alpha value is -3.23. The van der Waals surface area contributed by atoms with Gasteiger partial charge < -0.3 is 15.2 Å². The van der Waals surface area contributed by atoms with Crippen molar-refractivity contribution in [2.75, 3.05) is 18.4 Å². The van der Waals surface area contributed by atoms with Gasteiger partial charge in [-0.05, 0) is 44.0 Å². The Morgan fingerprint density at radius 2 is 1.87 bits per heavy atom. The van der Waals surface area contributed by atoms with Crippen LogP contribution in [0.15, 0.2) is 29.1 Å². The van der Waals surface area contributed by atoms with Gasteiger partial charge in [0.25, 0.3) is 5.56 Å². The van der Waals surface area contributed by atoms with Gasteiger partial charge in [-0.3, -0.25) is 4.79 Å². The molecule has 162 valence electrons. The molecule has 3 aromatic rings. The summed E-state index contributed by atoms with van der Waals surface area (Å²) >= 11 is 0. The third-order valence-electron chi connectivity index (χ3n) is 6.33. The molecule has 8 nitrogen and oxygen atoms in total. The molecular formula is C22H25FN6O2. The first-order valence-corrected chi connectivity index (χ1v) is 10.8. The number of nitrogens with zero attached hydrogens (tertiary/aromatic N) is 4. The average Bonchev–Trinajstić information content (AvgIpc) is 3.06. The summed E-state index contributed by atoms with van der Waals surface area (Å²) in [5.41, 5.74) is 1.72. The van der Waals surface area contributed by atoms with Crippen molar-refractivity contribution in [2.24, 2.45) is 0 Å². The summed E-state index contributed by atoms with van der Waals surface area (Å²) in [5, 5.41) is 7.96. The van der Waals surface area contributed by atoms with Crippen molar-refractivity contribution in [1.29, 1.82) is 0 Å². The highest BCUT2D eigenvalue weighted by molar-refractivity contribution is 5.90. The van der Waals surface area contributed by atoms with Crippen molar-refractivity contribution in [2.45, 2.75) is 51.0 Å². The Balaban J connectivity index is 1.33. The maximum Gasteiger partial charge on any atom is 0.321 e. The molecule has 5 rings (SSSR count). The number of likely N-dealkylation sites (tertiary alicyclic amines) is 1. The molecular weight excluding hydrogens is 399 g/mol. The predicted molar refractivity (Wildman–Crippen MR) is 115 cm³/mol. The topological polar surface area (TPSA) is 95.9 Å². The highest BCUT2D eigenvalue weighted by atomic mass is 19.1. The smallest absolute Gasteiger partial charge is 0.321 e. The van der Waals surface area contributed by atoms with Crippen molar-refractivity contribution >= 4 is 22.8 Å². The third kappa shape index (κ3) is 3.68. The molecule has 0 atom stereocenters. The van der Waals surface area contributed by atoms with E-state index < -0.39 is 0 Å². The maximum atomic E-state index is 13.0. The number of rotatable bonds is 3. The van der Waals surface area contributed by atoms with Gasteiger partial charge >= 0.3 is 6.03 Å². The minimum absolute atomic E-state index is 0.0360. The lowest BCUT2D eigenvalue weighted by atomic mass is 9.96. The molecule has 2 aliphatic rings. The minimum atomic E-state index is -0.352. The zero-order valence-electron chi connectivity index (χ0n) is 17.4. The van der Waals surface area contributed by atoms with Crippen LogP contribution >= 0.6 is 0 Å². The first kappa shape index (κ1) is 19.7. The normalized spacial score (nSPS) is 17.7. The number of nitrogens with one attached hydrogen (secondary N) is 2. The molecule has 1 aliphatic carbocycles. The van der Waals surface area contributed by atoms with E-state index in [1.807, 2.05) is 11.6 Å². The van der Waals surface area contributed by atoms with Crippen LogP contribution in [0.4, 0.5) is 14.9 Å². The molecule has 0 unspecified atom stereocenters. The molecule has 1 saturated heterocycles. The fourth-order valence-electron chi connectivity index (χ4n) is 4.56. The number of benzene rings is 1. The van der Waals surface area contributed by atoms with Gasteiger partial charge in [0.05, 0.1) is 17.7 Å². The summed E-state index contributed by atoms with van der Waals surface area (Å²) in [7, 11) is 0. The largest absolute Gasteiger partial charge is 0.323 e. The number of aromatic amines is 1. The van der Waals surface area contributed by atoms with Gasteiger partial charge in [0.15, 0.2) is 5.65 Å².